The van der Waals surface area contributed by atoms with E-state index in [1.54, 1.807) is 12.1 Å². The van der Waals surface area contributed by atoms with E-state index in [0.29, 0.717) is 29.2 Å². The fraction of sp³-hybridized carbons (Fsp3) is 0.259. The van der Waals surface area contributed by atoms with Crippen molar-refractivity contribution in [1.29, 1.82) is 5.26 Å². The van der Waals surface area contributed by atoms with Crippen LogP contribution in [0.4, 0.5) is 5.69 Å². The highest BCUT2D eigenvalue weighted by Crippen LogP contribution is 2.31. The summed E-state index contributed by atoms with van der Waals surface area (Å²) in [7, 11) is 0. The second-order valence-corrected chi connectivity index (χ2v) is 9.06. The Bertz CT molecular complexity index is 1250. The van der Waals surface area contributed by atoms with Crippen molar-refractivity contribution in [3.8, 4) is 11.8 Å². The first-order chi connectivity index (χ1) is 16.4. The van der Waals surface area contributed by atoms with Crippen molar-refractivity contribution in [3.05, 3.63) is 93.5 Å². The number of phenols is 1. The number of aromatic hydroxyl groups is 1. The summed E-state index contributed by atoms with van der Waals surface area (Å²) in [4.78, 5) is 15.7. The number of aromatic carboxylic acids is 1. The molecular weight excluding hydrogens is 450 g/mol. The molecule has 7 heteroatoms. The number of benzene rings is 3. The number of phenolic OH excluding ortho intramolecular Hbond substituents is 1. The number of rotatable bonds is 7. The molecule has 2 N–H and O–H groups in total. The van der Waals surface area contributed by atoms with E-state index in [9.17, 15) is 15.2 Å². The molecule has 1 fully saturated rings. The van der Waals surface area contributed by atoms with Crippen molar-refractivity contribution < 1.29 is 15.0 Å². The Balaban J connectivity index is 1.56. The van der Waals surface area contributed by atoms with Gasteiger partial charge in [0, 0.05) is 43.5 Å². The van der Waals surface area contributed by atoms with Crippen LogP contribution in [0.15, 0.2) is 60.7 Å². The molecule has 4 rings (SSSR count). The summed E-state index contributed by atoms with van der Waals surface area (Å²) >= 11 is 6.37. The molecule has 3 aromatic rings. The normalized spacial score (nSPS) is 15.7. The fourth-order valence-electron chi connectivity index (χ4n) is 4.46. The Morgan fingerprint density at radius 2 is 1.97 bits per heavy atom. The summed E-state index contributed by atoms with van der Waals surface area (Å²) in [6.45, 7) is 4.98. The highest BCUT2D eigenvalue weighted by molar-refractivity contribution is 6.32. The lowest BCUT2D eigenvalue weighted by atomic mass is 10.1. The molecule has 0 saturated carbocycles. The van der Waals surface area contributed by atoms with E-state index < -0.39 is 5.97 Å². The number of nitriles is 1. The number of aryl methyl sites for hydroxylation is 1. The summed E-state index contributed by atoms with van der Waals surface area (Å²) in [6.07, 6.45) is 0.928. The van der Waals surface area contributed by atoms with E-state index in [1.165, 1.54) is 23.3 Å². The van der Waals surface area contributed by atoms with Gasteiger partial charge in [-0.05, 0) is 54.8 Å². The first-order valence-electron chi connectivity index (χ1n) is 11.1. The van der Waals surface area contributed by atoms with Crippen LogP contribution < -0.4 is 4.90 Å². The molecular formula is C27H26ClN3O3. The molecule has 1 saturated heterocycles. The topological polar surface area (TPSA) is 87.8 Å². The van der Waals surface area contributed by atoms with Gasteiger partial charge in [-0.3, -0.25) is 4.90 Å². The summed E-state index contributed by atoms with van der Waals surface area (Å²) in [5.41, 5.74) is 4.64. The molecule has 34 heavy (non-hydrogen) atoms. The third-order valence-electron chi connectivity index (χ3n) is 6.42. The van der Waals surface area contributed by atoms with Gasteiger partial charge in [0.15, 0.2) is 0 Å². The van der Waals surface area contributed by atoms with Crippen molar-refractivity contribution in [2.75, 3.05) is 18.0 Å². The van der Waals surface area contributed by atoms with Crippen molar-refractivity contribution in [3.63, 3.8) is 0 Å². The van der Waals surface area contributed by atoms with Gasteiger partial charge in [-0.1, -0.05) is 41.9 Å². The predicted octanol–water partition coefficient (Wildman–Crippen LogP) is 5.21. The maximum Gasteiger partial charge on any atom is 0.335 e. The number of hydrogen-bond donors (Lipinski definition) is 2. The van der Waals surface area contributed by atoms with Crippen molar-refractivity contribution >= 4 is 23.3 Å². The van der Waals surface area contributed by atoms with Crippen LogP contribution in [0.2, 0.25) is 5.02 Å². The van der Waals surface area contributed by atoms with Gasteiger partial charge in [0.25, 0.3) is 0 Å². The summed E-state index contributed by atoms with van der Waals surface area (Å²) < 4.78 is 0. The fourth-order valence-corrected chi connectivity index (χ4v) is 4.67. The molecule has 1 heterocycles. The lowest BCUT2D eigenvalue weighted by Gasteiger charge is -2.32. The molecule has 1 atom stereocenters. The van der Waals surface area contributed by atoms with Gasteiger partial charge < -0.3 is 15.1 Å². The zero-order valence-electron chi connectivity index (χ0n) is 18.9. The van der Waals surface area contributed by atoms with Crippen LogP contribution in [0.5, 0.6) is 5.75 Å². The van der Waals surface area contributed by atoms with Gasteiger partial charge in [-0.15, -0.1) is 0 Å². The van der Waals surface area contributed by atoms with Crippen LogP contribution >= 0.6 is 11.6 Å². The van der Waals surface area contributed by atoms with Crippen LogP contribution in [0.25, 0.3) is 0 Å². The summed E-state index contributed by atoms with van der Waals surface area (Å²) in [6, 6.07) is 20.7. The molecule has 0 spiro atoms. The Hall–Kier alpha value is -3.53. The third kappa shape index (κ3) is 5.17. The average molecular weight is 476 g/mol. The molecule has 1 aliphatic rings. The SMILES string of the molecule is Cc1ccccc1CN(c1ccc(C#N)c(Cl)c1)[C@H]1CCN(Cc2ccc(C(=O)O)cc2O)C1. The molecule has 6 nitrogen and oxygen atoms in total. The summed E-state index contributed by atoms with van der Waals surface area (Å²) in [5, 5.41) is 29.2. The first kappa shape index (κ1) is 23.6. The average Bonchev–Trinajstić information content (AvgIpc) is 3.28. The number of carboxylic acid groups (broad SMARTS) is 1. The highest BCUT2D eigenvalue weighted by Gasteiger charge is 2.29. The van der Waals surface area contributed by atoms with E-state index >= 15 is 0 Å². The smallest absolute Gasteiger partial charge is 0.335 e. The van der Waals surface area contributed by atoms with Crippen molar-refractivity contribution in [1.82, 2.24) is 4.90 Å². The van der Waals surface area contributed by atoms with E-state index in [1.807, 2.05) is 24.3 Å². The van der Waals surface area contributed by atoms with Gasteiger partial charge in [0.05, 0.1) is 16.1 Å². The van der Waals surface area contributed by atoms with Crippen LogP contribution in [0, 0.1) is 18.3 Å². The third-order valence-corrected chi connectivity index (χ3v) is 6.73. The van der Waals surface area contributed by atoms with Crippen LogP contribution in [-0.4, -0.2) is 40.2 Å². The molecule has 0 unspecified atom stereocenters. The Morgan fingerprint density at radius 3 is 2.65 bits per heavy atom. The Morgan fingerprint density at radius 1 is 1.18 bits per heavy atom. The lowest BCUT2D eigenvalue weighted by Crippen LogP contribution is -2.37. The zero-order chi connectivity index (χ0) is 24.2. The largest absolute Gasteiger partial charge is 0.508 e. The standard InChI is InChI=1S/C27H26ClN3O3/c1-18-4-2-3-5-21(18)16-31(23-9-8-20(14-29)25(28)13-23)24-10-11-30(17-24)15-22-7-6-19(27(33)34)12-26(22)32/h2-9,12-13,24,32H,10-11,15-17H2,1H3,(H,33,34)/t24-/m0/s1. The second-order valence-electron chi connectivity index (χ2n) is 8.66. The molecule has 0 bridgehead atoms. The van der Waals surface area contributed by atoms with E-state index in [0.717, 1.165) is 25.2 Å². The minimum absolute atomic E-state index is 0.000935. The Labute approximate surface area is 204 Å². The maximum absolute atomic E-state index is 11.1. The number of carboxylic acids is 1. The number of likely N-dealkylation sites (tertiary alicyclic amines) is 1. The van der Waals surface area contributed by atoms with Gasteiger partial charge in [-0.2, -0.15) is 5.26 Å². The second kappa shape index (κ2) is 10.2. The van der Waals surface area contributed by atoms with Gasteiger partial charge in [-0.25, -0.2) is 4.79 Å². The quantitative estimate of drug-likeness (QED) is 0.488. The lowest BCUT2D eigenvalue weighted by molar-refractivity contribution is 0.0696. The highest BCUT2D eigenvalue weighted by atomic mass is 35.5. The monoisotopic (exact) mass is 475 g/mol. The molecule has 3 aromatic carbocycles. The minimum Gasteiger partial charge on any atom is -0.508 e. The van der Waals surface area contributed by atoms with E-state index in [-0.39, 0.29) is 17.4 Å². The summed E-state index contributed by atoms with van der Waals surface area (Å²) in [5.74, 6) is -1.06. The van der Waals surface area contributed by atoms with Crippen LogP contribution in [0.3, 0.4) is 0 Å². The number of carbonyl (C=O) groups is 1. The first-order valence-corrected chi connectivity index (χ1v) is 11.5. The van der Waals surface area contributed by atoms with Crippen molar-refractivity contribution in [2.45, 2.75) is 32.5 Å². The molecule has 0 radical (unpaired) electrons. The van der Waals surface area contributed by atoms with Gasteiger partial charge >= 0.3 is 5.97 Å². The predicted molar refractivity (Wildman–Crippen MR) is 132 cm³/mol. The number of anilines is 1. The molecule has 1 aliphatic heterocycles. The zero-order valence-corrected chi connectivity index (χ0v) is 19.7. The van der Waals surface area contributed by atoms with Gasteiger partial charge in [0.1, 0.15) is 11.8 Å². The van der Waals surface area contributed by atoms with Gasteiger partial charge in [0.2, 0.25) is 0 Å². The number of nitrogens with zero attached hydrogens (tertiary/aromatic N) is 3. The number of hydrogen-bond acceptors (Lipinski definition) is 5. The molecule has 174 valence electrons. The van der Waals surface area contributed by atoms with Crippen molar-refractivity contribution in [2.24, 2.45) is 0 Å². The maximum atomic E-state index is 11.1. The number of halogens is 1. The van der Waals surface area contributed by atoms with E-state index in [4.69, 9.17) is 16.7 Å². The molecule has 0 amide bonds. The minimum atomic E-state index is -1.06. The molecule has 0 aromatic heterocycles. The van der Waals surface area contributed by atoms with E-state index in [2.05, 4.69) is 34.9 Å². The molecule has 0 aliphatic carbocycles. The Kier molecular flexibility index (Phi) is 7.06. The van der Waals surface area contributed by atoms with Crippen LogP contribution in [0.1, 0.15) is 39.0 Å². The van der Waals surface area contributed by atoms with Crippen LogP contribution in [-0.2, 0) is 13.1 Å².